The molecule has 0 unspecified atom stereocenters. The zero-order valence-corrected chi connectivity index (χ0v) is 12.3. The van der Waals surface area contributed by atoms with Gasteiger partial charge in [0.05, 0.1) is 13.3 Å². The lowest BCUT2D eigenvalue weighted by Crippen LogP contribution is -2.36. The van der Waals surface area contributed by atoms with Gasteiger partial charge in [0.15, 0.2) is 0 Å². The van der Waals surface area contributed by atoms with Crippen LogP contribution in [0.2, 0.25) is 0 Å². The summed E-state index contributed by atoms with van der Waals surface area (Å²) in [6.45, 7) is 2.15. The maximum absolute atomic E-state index is 12.6. The first kappa shape index (κ1) is 14.8. The maximum atomic E-state index is 12.6. The second kappa shape index (κ2) is 6.25. The van der Waals surface area contributed by atoms with E-state index in [9.17, 15) is 9.59 Å². The Hall–Kier alpha value is -2.57. The molecule has 2 rings (SSSR count). The zero-order chi connectivity index (χ0) is 15.4. The molecule has 2 aromatic heterocycles. The smallest absolute Gasteiger partial charge is 0.325 e. The van der Waals surface area contributed by atoms with Gasteiger partial charge < -0.3 is 14.2 Å². The van der Waals surface area contributed by atoms with Crippen LogP contribution in [0.1, 0.15) is 17.3 Å². The number of likely N-dealkylation sites (N-methyl/N-ethyl adjacent to an activating group) is 1. The normalized spacial score (nSPS) is 10.4. The van der Waals surface area contributed by atoms with Gasteiger partial charge in [0.25, 0.3) is 5.91 Å². The van der Waals surface area contributed by atoms with Gasteiger partial charge in [0.1, 0.15) is 17.9 Å². The molecule has 0 aliphatic heterocycles. The molecule has 0 spiro atoms. The van der Waals surface area contributed by atoms with Gasteiger partial charge >= 0.3 is 5.97 Å². The number of esters is 1. The number of carbonyl (C=O) groups excluding carboxylic acids is 2. The molecule has 0 aliphatic carbocycles. The molecule has 0 aromatic carbocycles. The largest absolute Gasteiger partial charge is 0.468 e. The number of aryl methyl sites for hydroxylation is 1. The molecule has 0 aliphatic rings. The summed E-state index contributed by atoms with van der Waals surface area (Å²) in [4.78, 5) is 25.4. The Morgan fingerprint density at radius 1 is 1.33 bits per heavy atom. The molecule has 21 heavy (non-hydrogen) atoms. The first-order chi connectivity index (χ1) is 10.1. The van der Waals surface area contributed by atoms with Crippen LogP contribution < -0.4 is 0 Å². The van der Waals surface area contributed by atoms with Crippen LogP contribution in [0.25, 0.3) is 5.82 Å². The van der Waals surface area contributed by atoms with E-state index in [1.807, 2.05) is 36.0 Å². The number of methoxy groups -OCH3 is 1. The van der Waals surface area contributed by atoms with Crippen molar-refractivity contribution in [1.29, 1.82) is 0 Å². The average Bonchev–Trinajstić information content (AvgIpc) is 3.12. The van der Waals surface area contributed by atoms with E-state index in [0.717, 1.165) is 0 Å². The molecule has 0 N–H and O–H groups in total. The number of nitrogens with zero attached hydrogens (tertiary/aromatic N) is 4. The lowest BCUT2D eigenvalue weighted by atomic mass is 10.2. The summed E-state index contributed by atoms with van der Waals surface area (Å²) in [6, 6.07) is 3.74. The summed E-state index contributed by atoms with van der Waals surface area (Å²) in [5.41, 5.74) is 0.444. The van der Waals surface area contributed by atoms with Crippen LogP contribution in [0.15, 0.2) is 30.7 Å². The molecule has 2 aromatic rings. The number of ether oxygens (including phenoxy) is 1. The fraction of sp³-hybridized carbons (Fsp3) is 0.357. The van der Waals surface area contributed by atoms with Crippen LogP contribution in [-0.2, 0) is 16.6 Å². The Labute approximate surface area is 122 Å². The van der Waals surface area contributed by atoms with Gasteiger partial charge in [-0.2, -0.15) is 5.10 Å². The molecule has 0 bridgehead atoms. The van der Waals surface area contributed by atoms with E-state index < -0.39 is 5.97 Å². The number of carbonyl (C=O) groups is 2. The van der Waals surface area contributed by atoms with E-state index in [1.54, 1.807) is 11.7 Å². The predicted molar refractivity (Wildman–Crippen MR) is 76.1 cm³/mol. The number of rotatable bonds is 5. The Balaban J connectivity index is 2.33. The summed E-state index contributed by atoms with van der Waals surface area (Å²) in [5.74, 6) is -0.0374. The van der Waals surface area contributed by atoms with Crippen molar-refractivity contribution in [1.82, 2.24) is 19.2 Å². The molecule has 112 valence electrons. The summed E-state index contributed by atoms with van der Waals surface area (Å²) in [7, 11) is 3.07. The first-order valence-corrected chi connectivity index (χ1v) is 6.60. The molecular formula is C14H18N4O3. The van der Waals surface area contributed by atoms with Gasteiger partial charge in [0.2, 0.25) is 0 Å². The fourth-order valence-corrected chi connectivity index (χ4v) is 2.08. The fourth-order valence-electron chi connectivity index (χ4n) is 2.08. The molecular weight excluding hydrogens is 272 g/mol. The molecule has 0 fully saturated rings. The molecule has 2 heterocycles. The van der Waals surface area contributed by atoms with Crippen molar-refractivity contribution in [2.45, 2.75) is 6.92 Å². The predicted octanol–water partition coefficient (Wildman–Crippen LogP) is 0.846. The highest BCUT2D eigenvalue weighted by molar-refractivity contribution is 5.98. The average molecular weight is 290 g/mol. The zero-order valence-electron chi connectivity index (χ0n) is 12.3. The van der Waals surface area contributed by atoms with Gasteiger partial charge in [-0.3, -0.25) is 14.3 Å². The van der Waals surface area contributed by atoms with Gasteiger partial charge in [-0.15, -0.1) is 0 Å². The first-order valence-electron chi connectivity index (χ1n) is 6.60. The second-order valence-corrected chi connectivity index (χ2v) is 4.49. The van der Waals surface area contributed by atoms with E-state index in [1.165, 1.54) is 18.2 Å². The quantitative estimate of drug-likeness (QED) is 0.765. The third-order valence-electron chi connectivity index (χ3n) is 3.20. The lowest BCUT2D eigenvalue weighted by Gasteiger charge is -2.19. The molecule has 0 atom stereocenters. The van der Waals surface area contributed by atoms with Crippen molar-refractivity contribution in [3.8, 4) is 5.82 Å². The SMILES string of the molecule is CCN(CC(=O)OC)C(=O)c1cnn(C)c1-n1cccc1. The molecule has 1 amide bonds. The van der Waals surface area contributed by atoms with Gasteiger partial charge in [-0.25, -0.2) is 0 Å². The Bertz CT molecular complexity index is 631. The summed E-state index contributed by atoms with van der Waals surface area (Å²) >= 11 is 0. The third-order valence-corrected chi connectivity index (χ3v) is 3.20. The summed E-state index contributed by atoms with van der Waals surface area (Å²) in [6.07, 6.45) is 5.19. The molecule has 0 saturated carbocycles. The monoisotopic (exact) mass is 290 g/mol. The third kappa shape index (κ3) is 2.96. The van der Waals surface area contributed by atoms with Crippen LogP contribution >= 0.6 is 0 Å². The van der Waals surface area contributed by atoms with Gasteiger partial charge in [-0.1, -0.05) is 0 Å². The highest BCUT2D eigenvalue weighted by Gasteiger charge is 2.23. The van der Waals surface area contributed by atoms with E-state index in [4.69, 9.17) is 0 Å². The maximum Gasteiger partial charge on any atom is 0.325 e. The Morgan fingerprint density at radius 2 is 2.00 bits per heavy atom. The number of aromatic nitrogens is 3. The molecule has 7 nitrogen and oxygen atoms in total. The van der Waals surface area contributed by atoms with Crippen molar-refractivity contribution in [3.63, 3.8) is 0 Å². The second-order valence-electron chi connectivity index (χ2n) is 4.49. The standard InChI is InChI=1S/C14H18N4O3/c1-4-17(10-12(19)21-3)14(20)11-9-15-16(2)13(11)18-7-5-6-8-18/h5-9H,4,10H2,1-3H3. The van der Waals surface area contributed by atoms with E-state index >= 15 is 0 Å². The summed E-state index contributed by atoms with van der Waals surface area (Å²) < 4.78 is 8.05. The highest BCUT2D eigenvalue weighted by atomic mass is 16.5. The van der Waals surface area contributed by atoms with Crippen molar-refractivity contribution in [2.75, 3.05) is 20.2 Å². The molecule has 0 radical (unpaired) electrons. The highest BCUT2D eigenvalue weighted by Crippen LogP contribution is 2.16. The van der Waals surface area contributed by atoms with Crippen LogP contribution in [0.3, 0.4) is 0 Å². The minimum atomic E-state index is -0.448. The van der Waals surface area contributed by atoms with Crippen LogP contribution in [0, 0.1) is 0 Å². The Kier molecular flexibility index (Phi) is 4.42. The van der Waals surface area contributed by atoms with Crippen LogP contribution in [0.4, 0.5) is 0 Å². The van der Waals surface area contributed by atoms with Crippen molar-refractivity contribution < 1.29 is 14.3 Å². The van der Waals surface area contributed by atoms with Crippen LogP contribution in [0.5, 0.6) is 0 Å². The van der Waals surface area contributed by atoms with E-state index in [-0.39, 0.29) is 12.5 Å². The van der Waals surface area contributed by atoms with Crippen LogP contribution in [-0.4, -0.2) is 51.3 Å². The number of amides is 1. The van der Waals surface area contributed by atoms with Crippen molar-refractivity contribution in [3.05, 3.63) is 36.3 Å². The summed E-state index contributed by atoms with van der Waals surface area (Å²) in [5, 5.41) is 4.14. The van der Waals surface area contributed by atoms with Gasteiger partial charge in [-0.05, 0) is 19.1 Å². The van der Waals surface area contributed by atoms with Crippen molar-refractivity contribution in [2.24, 2.45) is 7.05 Å². The molecule has 7 heteroatoms. The topological polar surface area (TPSA) is 69.4 Å². The minimum Gasteiger partial charge on any atom is -0.468 e. The number of hydrogen-bond acceptors (Lipinski definition) is 4. The minimum absolute atomic E-state index is 0.0775. The molecule has 0 saturated heterocycles. The Morgan fingerprint density at radius 3 is 2.57 bits per heavy atom. The van der Waals surface area contributed by atoms with Gasteiger partial charge in [0, 0.05) is 26.0 Å². The van der Waals surface area contributed by atoms with Crippen molar-refractivity contribution >= 4 is 11.9 Å². The van der Waals surface area contributed by atoms with E-state index in [2.05, 4.69) is 9.84 Å². The number of hydrogen-bond donors (Lipinski definition) is 0. The lowest BCUT2D eigenvalue weighted by molar-refractivity contribution is -0.141. The van der Waals surface area contributed by atoms with E-state index in [0.29, 0.717) is 17.9 Å².